The van der Waals surface area contributed by atoms with Crippen LogP contribution in [0.1, 0.15) is 15.9 Å². The molecule has 0 aliphatic rings. The van der Waals surface area contributed by atoms with Crippen LogP contribution in [0.2, 0.25) is 5.02 Å². The van der Waals surface area contributed by atoms with Gasteiger partial charge in [0.2, 0.25) is 0 Å². The molecule has 0 atom stereocenters. The Bertz CT molecular complexity index is 807. The van der Waals surface area contributed by atoms with Gasteiger partial charge in [0.05, 0.1) is 21.2 Å². The van der Waals surface area contributed by atoms with E-state index in [1.54, 1.807) is 18.2 Å². The number of nitro groups is 1. The summed E-state index contributed by atoms with van der Waals surface area (Å²) in [4.78, 5) is 33.8. The maximum absolute atomic E-state index is 11.8. The Labute approximate surface area is 142 Å². The van der Waals surface area contributed by atoms with Crippen LogP contribution in [0.25, 0.3) is 0 Å². The summed E-state index contributed by atoms with van der Waals surface area (Å²) in [7, 11) is 0. The summed E-state index contributed by atoms with van der Waals surface area (Å²) in [5, 5.41) is 13.2. The van der Waals surface area contributed by atoms with E-state index >= 15 is 0 Å². The predicted octanol–water partition coefficient (Wildman–Crippen LogP) is 3.35. The molecule has 7 nitrogen and oxygen atoms in total. The minimum atomic E-state index is -0.654. The van der Waals surface area contributed by atoms with Crippen molar-refractivity contribution in [2.75, 3.05) is 11.9 Å². The molecule has 124 valence electrons. The molecule has 0 unspecified atom stereocenters. The van der Waals surface area contributed by atoms with Gasteiger partial charge in [-0.3, -0.25) is 14.9 Å². The van der Waals surface area contributed by atoms with Gasteiger partial charge in [0.1, 0.15) is 0 Å². The number of non-ortho nitro benzene ring substituents is 1. The lowest BCUT2D eigenvalue weighted by atomic mass is 10.1. The lowest BCUT2D eigenvalue weighted by molar-refractivity contribution is -0.384. The fraction of sp³-hybridized carbons (Fsp3) is 0.125. The summed E-state index contributed by atoms with van der Waals surface area (Å²) < 4.78 is 4.91. The number of rotatable bonds is 5. The van der Waals surface area contributed by atoms with Gasteiger partial charge in [-0.25, -0.2) is 4.79 Å². The quantitative estimate of drug-likeness (QED) is 0.507. The molecule has 0 radical (unpaired) electrons. The van der Waals surface area contributed by atoms with E-state index in [1.807, 2.05) is 13.0 Å². The number of halogens is 1. The normalized spacial score (nSPS) is 10.1. The van der Waals surface area contributed by atoms with Crippen LogP contribution in [0, 0.1) is 17.0 Å². The fourth-order valence-electron chi connectivity index (χ4n) is 1.90. The monoisotopic (exact) mass is 348 g/mol. The van der Waals surface area contributed by atoms with E-state index in [-0.39, 0.29) is 16.4 Å². The summed E-state index contributed by atoms with van der Waals surface area (Å²) in [6.45, 7) is 1.29. The zero-order valence-electron chi connectivity index (χ0n) is 12.6. The molecule has 1 amide bonds. The summed E-state index contributed by atoms with van der Waals surface area (Å²) in [6.07, 6.45) is 0. The fourth-order valence-corrected chi connectivity index (χ4v) is 2.06. The Morgan fingerprint density at radius 2 is 2.00 bits per heavy atom. The molecule has 0 aliphatic carbocycles. The minimum absolute atomic E-state index is 0.0717. The van der Waals surface area contributed by atoms with Gasteiger partial charge in [0.15, 0.2) is 6.61 Å². The maximum Gasteiger partial charge on any atom is 0.338 e. The van der Waals surface area contributed by atoms with Gasteiger partial charge in [-0.1, -0.05) is 29.3 Å². The minimum Gasteiger partial charge on any atom is -0.452 e. The summed E-state index contributed by atoms with van der Waals surface area (Å²) >= 11 is 5.88. The van der Waals surface area contributed by atoms with Crippen molar-refractivity contribution >= 4 is 34.9 Å². The van der Waals surface area contributed by atoms with Crippen molar-refractivity contribution in [2.24, 2.45) is 0 Å². The molecule has 0 spiro atoms. The molecule has 24 heavy (non-hydrogen) atoms. The molecule has 0 saturated heterocycles. The number of nitrogens with one attached hydrogen (secondary N) is 1. The largest absolute Gasteiger partial charge is 0.452 e. The summed E-state index contributed by atoms with van der Waals surface area (Å²) in [5.41, 5.74) is 1.07. The summed E-state index contributed by atoms with van der Waals surface area (Å²) in [5.74, 6) is -1.29. The maximum atomic E-state index is 11.8. The lowest BCUT2D eigenvalue weighted by Gasteiger charge is -2.08. The van der Waals surface area contributed by atoms with Crippen LogP contribution in [0.5, 0.6) is 0 Å². The average Bonchev–Trinajstić information content (AvgIpc) is 2.54. The number of ether oxygens (including phenoxy) is 1. The first-order valence-electron chi connectivity index (χ1n) is 6.84. The van der Waals surface area contributed by atoms with Crippen LogP contribution in [-0.4, -0.2) is 23.4 Å². The number of carbonyl (C=O) groups is 2. The molecule has 0 fully saturated rings. The molecule has 2 aromatic rings. The van der Waals surface area contributed by atoms with Gasteiger partial charge in [0, 0.05) is 12.1 Å². The first kappa shape index (κ1) is 17.4. The van der Waals surface area contributed by atoms with Crippen molar-refractivity contribution in [3.63, 3.8) is 0 Å². The van der Waals surface area contributed by atoms with Gasteiger partial charge in [-0.2, -0.15) is 0 Å². The van der Waals surface area contributed by atoms with Crippen molar-refractivity contribution in [2.45, 2.75) is 6.92 Å². The highest BCUT2D eigenvalue weighted by Crippen LogP contribution is 2.26. The van der Waals surface area contributed by atoms with Crippen molar-refractivity contribution in [1.82, 2.24) is 0 Å². The van der Waals surface area contributed by atoms with Crippen LogP contribution >= 0.6 is 11.6 Å². The number of anilines is 1. The standard InChI is InChI=1S/C16H13ClN2O5/c1-10-3-2-4-11(7-10)16(21)24-9-15(20)18-14-8-12(19(22)23)5-6-13(14)17/h2-8H,9H2,1H3,(H,18,20). The third-order valence-corrected chi connectivity index (χ3v) is 3.35. The van der Waals surface area contributed by atoms with E-state index in [1.165, 1.54) is 12.1 Å². The van der Waals surface area contributed by atoms with Gasteiger partial charge < -0.3 is 10.1 Å². The summed E-state index contributed by atoms with van der Waals surface area (Å²) in [6, 6.07) is 10.4. The smallest absolute Gasteiger partial charge is 0.338 e. The molecule has 1 N–H and O–H groups in total. The molecule has 0 heterocycles. The third-order valence-electron chi connectivity index (χ3n) is 3.02. The van der Waals surface area contributed by atoms with Gasteiger partial charge in [-0.15, -0.1) is 0 Å². The van der Waals surface area contributed by atoms with Gasteiger partial charge in [0.25, 0.3) is 11.6 Å². The number of amides is 1. The van der Waals surface area contributed by atoms with Crippen molar-refractivity contribution in [3.05, 3.63) is 68.7 Å². The molecule has 2 aromatic carbocycles. The molecule has 0 bridgehead atoms. The number of nitro benzene ring substituents is 1. The van der Waals surface area contributed by atoms with Crippen molar-refractivity contribution < 1.29 is 19.2 Å². The number of hydrogen-bond acceptors (Lipinski definition) is 5. The Morgan fingerprint density at radius 3 is 2.67 bits per heavy atom. The molecule has 8 heteroatoms. The van der Waals surface area contributed by atoms with Crippen LogP contribution in [0.15, 0.2) is 42.5 Å². The highest BCUT2D eigenvalue weighted by Gasteiger charge is 2.14. The second-order valence-electron chi connectivity index (χ2n) is 4.92. The van der Waals surface area contributed by atoms with E-state index in [0.717, 1.165) is 11.6 Å². The third kappa shape index (κ3) is 4.53. The van der Waals surface area contributed by atoms with Crippen LogP contribution < -0.4 is 5.32 Å². The molecule has 0 saturated carbocycles. The van der Waals surface area contributed by atoms with E-state index in [2.05, 4.69) is 5.32 Å². The lowest BCUT2D eigenvalue weighted by Crippen LogP contribution is -2.21. The Hall–Kier alpha value is -2.93. The van der Waals surface area contributed by atoms with Crippen LogP contribution in [-0.2, 0) is 9.53 Å². The van der Waals surface area contributed by atoms with Gasteiger partial charge >= 0.3 is 5.97 Å². The van der Waals surface area contributed by atoms with E-state index < -0.39 is 23.4 Å². The predicted molar refractivity (Wildman–Crippen MR) is 88.2 cm³/mol. The highest BCUT2D eigenvalue weighted by atomic mass is 35.5. The number of benzene rings is 2. The van der Waals surface area contributed by atoms with Crippen LogP contribution in [0.4, 0.5) is 11.4 Å². The van der Waals surface area contributed by atoms with Crippen molar-refractivity contribution in [3.8, 4) is 0 Å². The van der Waals surface area contributed by atoms with E-state index in [9.17, 15) is 19.7 Å². The highest BCUT2D eigenvalue weighted by molar-refractivity contribution is 6.33. The van der Waals surface area contributed by atoms with Crippen molar-refractivity contribution in [1.29, 1.82) is 0 Å². The van der Waals surface area contributed by atoms with Gasteiger partial charge in [-0.05, 0) is 25.1 Å². The number of aryl methyl sites for hydroxylation is 1. The van der Waals surface area contributed by atoms with Crippen LogP contribution in [0.3, 0.4) is 0 Å². The Morgan fingerprint density at radius 1 is 1.25 bits per heavy atom. The molecule has 0 aliphatic heterocycles. The first-order valence-corrected chi connectivity index (χ1v) is 7.22. The SMILES string of the molecule is Cc1cccc(C(=O)OCC(=O)Nc2cc([N+](=O)[O-])ccc2Cl)c1. The number of nitrogens with zero attached hydrogens (tertiary/aromatic N) is 1. The zero-order valence-corrected chi connectivity index (χ0v) is 13.4. The average molecular weight is 349 g/mol. The molecular formula is C16H13ClN2O5. The second kappa shape index (κ2) is 7.56. The molecule has 0 aromatic heterocycles. The number of carbonyl (C=O) groups excluding carboxylic acids is 2. The second-order valence-corrected chi connectivity index (χ2v) is 5.32. The Kier molecular flexibility index (Phi) is 5.49. The first-order chi connectivity index (χ1) is 11.4. The molecular weight excluding hydrogens is 336 g/mol. The molecule has 2 rings (SSSR count). The number of hydrogen-bond donors (Lipinski definition) is 1. The van der Waals surface area contributed by atoms with E-state index in [4.69, 9.17) is 16.3 Å². The zero-order chi connectivity index (χ0) is 17.7. The number of esters is 1. The van der Waals surface area contributed by atoms with E-state index in [0.29, 0.717) is 5.56 Å². The topological polar surface area (TPSA) is 98.5 Å². The Balaban J connectivity index is 1.97.